The van der Waals surface area contributed by atoms with Crippen LogP contribution in [-0.4, -0.2) is 65.0 Å². The Kier molecular flexibility index (Phi) is 8.17. The van der Waals surface area contributed by atoms with Crippen LogP contribution in [0.2, 0.25) is 10.0 Å². The molecule has 0 aliphatic carbocycles. The lowest BCUT2D eigenvalue weighted by atomic mass is 10.1. The molecule has 204 valence electrons. The van der Waals surface area contributed by atoms with E-state index >= 15 is 0 Å². The number of halogens is 5. The first-order valence-corrected chi connectivity index (χ1v) is 13.5. The second-order valence-electron chi connectivity index (χ2n) is 8.33. The maximum Gasteiger partial charge on any atom is 0.490 e. The van der Waals surface area contributed by atoms with E-state index < -0.39 is 22.2 Å². The van der Waals surface area contributed by atoms with Gasteiger partial charge in [0.15, 0.2) is 5.75 Å². The minimum absolute atomic E-state index is 0.202. The molecule has 5 rings (SSSR count). The van der Waals surface area contributed by atoms with E-state index in [-0.39, 0.29) is 18.0 Å². The van der Waals surface area contributed by atoms with Gasteiger partial charge in [0, 0.05) is 47.0 Å². The lowest BCUT2D eigenvalue weighted by Crippen LogP contribution is -2.44. The number of ether oxygens (including phenoxy) is 1. The highest BCUT2D eigenvalue weighted by Gasteiger charge is 2.38. The molecule has 1 saturated heterocycles. The molecule has 3 aromatic carbocycles. The quantitative estimate of drug-likeness (QED) is 0.452. The van der Waals surface area contributed by atoms with Crippen LogP contribution in [0.1, 0.15) is 0 Å². The molecule has 0 bridgehead atoms. The third kappa shape index (κ3) is 5.73. The Morgan fingerprint density at radius 3 is 2.24 bits per heavy atom. The zero-order valence-corrected chi connectivity index (χ0v) is 22.0. The molecule has 2 heterocycles. The molecule has 0 atom stereocenters. The molecular formula is C24H22Cl2F3N3O5S. The van der Waals surface area contributed by atoms with E-state index in [0.717, 1.165) is 31.9 Å². The van der Waals surface area contributed by atoms with Gasteiger partial charge in [-0.1, -0.05) is 47.5 Å². The number of alkyl halides is 3. The van der Waals surface area contributed by atoms with Crippen molar-refractivity contribution in [2.24, 2.45) is 0 Å². The Balaban J connectivity index is 0.000000426. The van der Waals surface area contributed by atoms with Crippen LogP contribution in [0.4, 0.5) is 24.5 Å². The van der Waals surface area contributed by atoms with Crippen LogP contribution in [0, 0.1) is 0 Å². The zero-order chi connectivity index (χ0) is 27.7. The molecule has 0 aromatic heterocycles. The van der Waals surface area contributed by atoms with Gasteiger partial charge in [-0.25, -0.2) is 13.2 Å². The van der Waals surface area contributed by atoms with Gasteiger partial charge in [-0.3, -0.25) is 4.31 Å². The summed E-state index contributed by atoms with van der Waals surface area (Å²) in [7, 11) is -3.88. The van der Waals surface area contributed by atoms with E-state index in [2.05, 4.69) is 10.2 Å². The number of nitrogens with zero attached hydrogens (tertiary/aromatic N) is 2. The zero-order valence-electron chi connectivity index (χ0n) is 19.6. The number of hydrogen-bond donors (Lipinski definition) is 2. The van der Waals surface area contributed by atoms with Crippen molar-refractivity contribution in [2.75, 3.05) is 48.5 Å². The van der Waals surface area contributed by atoms with E-state index in [1.54, 1.807) is 36.4 Å². The molecule has 1 fully saturated rings. The Labute approximate surface area is 226 Å². The average molecular weight is 592 g/mol. The summed E-state index contributed by atoms with van der Waals surface area (Å²) in [5.41, 5.74) is 1.29. The summed E-state index contributed by atoms with van der Waals surface area (Å²) in [6.07, 6.45) is -5.08. The molecule has 2 N–H and O–H groups in total. The number of nitrogens with one attached hydrogen (secondary N) is 1. The highest BCUT2D eigenvalue weighted by molar-refractivity contribution is 7.93. The van der Waals surface area contributed by atoms with Crippen LogP contribution in [0.5, 0.6) is 5.75 Å². The molecule has 2 aliphatic heterocycles. The number of carbonyl (C=O) groups is 1. The SMILES string of the molecule is O=C(O)C(F)(F)F.O=S(=O)(c1cccc2c(Cl)cccc12)N1CCOc2c(N3CCNCC3)cc(Cl)cc21. The van der Waals surface area contributed by atoms with Crippen molar-refractivity contribution in [3.63, 3.8) is 0 Å². The van der Waals surface area contributed by atoms with Gasteiger partial charge in [0.25, 0.3) is 10.0 Å². The first-order chi connectivity index (χ1) is 17.9. The summed E-state index contributed by atoms with van der Waals surface area (Å²) < 4.78 is 66.8. The second-order valence-corrected chi connectivity index (χ2v) is 11.0. The first kappa shape index (κ1) is 28.1. The minimum Gasteiger partial charge on any atom is -0.487 e. The van der Waals surface area contributed by atoms with Gasteiger partial charge in [0.2, 0.25) is 0 Å². The molecule has 0 saturated carbocycles. The number of hydrogen-bond acceptors (Lipinski definition) is 6. The number of aliphatic carboxylic acids is 1. The van der Waals surface area contributed by atoms with Crippen molar-refractivity contribution in [1.29, 1.82) is 0 Å². The van der Waals surface area contributed by atoms with Gasteiger partial charge >= 0.3 is 12.1 Å². The molecule has 2 aliphatic rings. The van der Waals surface area contributed by atoms with Gasteiger partial charge < -0.3 is 20.1 Å². The summed E-state index contributed by atoms with van der Waals surface area (Å²) >= 11 is 12.8. The van der Waals surface area contributed by atoms with Crippen molar-refractivity contribution in [1.82, 2.24) is 5.32 Å². The van der Waals surface area contributed by atoms with Crippen LogP contribution >= 0.6 is 23.2 Å². The summed E-state index contributed by atoms with van der Waals surface area (Å²) in [4.78, 5) is 11.3. The molecule has 0 amide bonds. The van der Waals surface area contributed by atoms with Gasteiger partial charge in [-0.15, -0.1) is 0 Å². The Bertz CT molecular complexity index is 1460. The molecule has 0 unspecified atom stereocenters. The first-order valence-electron chi connectivity index (χ1n) is 11.3. The van der Waals surface area contributed by atoms with Crippen molar-refractivity contribution < 1.29 is 36.2 Å². The number of fused-ring (bicyclic) bond motifs is 2. The lowest BCUT2D eigenvalue weighted by molar-refractivity contribution is -0.192. The van der Waals surface area contributed by atoms with Gasteiger partial charge in [0.05, 0.1) is 22.8 Å². The molecule has 14 heteroatoms. The Morgan fingerprint density at radius 2 is 1.58 bits per heavy atom. The largest absolute Gasteiger partial charge is 0.490 e. The molecular weight excluding hydrogens is 570 g/mol. The van der Waals surface area contributed by atoms with Gasteiger partial charge in [0.1, 0.15) is 6.61 Å². The van der Waals surface area contributed by atoms with E-state index in [9.17, 15) is 21.6 Å². The van der Waals surface area contributed by atoms with Crippen molar-refractivity contribution >= 4 is 61.3 Å². The number of rotatable bonds is 3. The molecule has 8 nitrogen and oxygen atoms in total. The normalized spacial score (nSPS) is 15.8. The van der Waals surface area contributed by atoms with Crippen LogP contribution < -0.4 is 19.3 Å². The topological polar surface area (TPSA) is 99.2 Å². The van der Waals surface area contributed by atoms with E-state index in [4.69, 9.17) is 37.8 Å². The predicted molar refractivity (Wildman–Crippen MR) is 139 cm³/mol. The molecule has 38 heavy (non-hydrogen) atoms. The fraction of sp³-hybridized carbons (Fsp3) is 0.292. The van der Waals surface area contributed by atoms with Crippen molar-refractivity contribution in [3.05, 3.63) is 58.6 Å². The Hall–Kier alpha value is -2.93. The number of anilines is 2. The highest BCUT2D eigenvalue weighted by atomic mass is 35.5. The standard InChI is InChI=1S/C22H21Cl2N3O3S.C2HF3O2/c23-15-13-19(26-9-7-25-8-10-26)22-20(14-15)27(11-12-30-22)31(28,29)21-6-2-3-16-17(21)4-1-5-18(16)24;3-2(4,5)1(6)7/h1-6,13-14,25H,7-12H2;(H,6,7). The summed E-state index contributed by atoms with van der Waals surface area (Å²) in [6, 6.07) is 14.0. The minimum atomic E-state index is -5.08. The summed E-state index contributed by atoms with van der Waals surface area (Å²) in [5.74, 6) is -2.20. The van der Waals surface area contributed by atoms with Crippen molar-refractivity contribution in [2.45, 2.75) is 11.1 Å². The third-order valence-corrected chi connectivity index (χ3v) is 8.34. The number of carboxylic acids is 1. The van der Waals surface area contributed by atoms with Gasteiger partial charge in [-0.05, 0) is 24.3 Å². The van der Waals surface area contributed by atoms with Crippen LogP contribution in [0.25, 0.3) is 10.8 Å². The van der Waals surface area contributed by atoms with E-state index in [0.29, 0.717) is 32.3 Å². The lowest BCUT2D eigenvalue weighted by Gasteiger charge is -2.36. The molecule has 3 aromatic rings. The maximum atomic E-state index is 13.8. The monoisotopic (exact) mass is 591 g/mol. The van der Waals surface area contributed by atoms with Gasteiger partial charge in [-0.2, -0.15) is 13.2 Å². The highest BCUT2D eigenvalue weighted by Crippen LogP contribution is 2.45. The number of piperazine rings is 1. The predicted octanol–water partition coefficient (Wildman–Crippen LogP) is 4.78. The van der Waals surface area contributed by atoms with E-state index in [1.807, 2.05) is 12.1 Å². The third-order valence-electron chi connectivity index (χ3n) is 5.92. The maximum absolute atomic E-state index is 13.8. The van der Waals surface area contributed by atoms with Crippen LogP contribution in [0.3, 0.4) is 0 Å². The fourth-order valence-corrected chi connectivity index (χ4v) is 6.32. The molecule has 0 radical (unpaired) electrons. The number of benzene rings is 3. The fourth-order valence-electron chi connectivity index (χ4n) is 4.23. The summed E-state index contributed by atoms with van der Waals surface area (Å²) in [5, 5.41) is 12.7. The number of carboxylic acid groups (broad SMARTS) is 1. The average Bonchev–Trinajstić information content (AvgIpc) is 2.88. The Morgan fingerprint density at radius 1 is 0.974 bits per heavy atom. The molecule has 0 spiro atoms. The van der Waals surface area contributed by atoms with E-state index in [1.165, 1.54) is 4.31 Å². The van der Waals surface area contributed by atoms with Crippen LogP contribution in [0.15, 0.2) is 53.4 Å². The van der Waals surface area contributed by atoms with Crippen molar-refractivity contribution in [3.8, 4) is 5.75 Å². The second kappa shape index (κ2) is 11.0. The summed E-state index contributed by atoms with van der Waals surface area (Å²) in [6.45, 7) is 3.75. The number of sulfonamides is 1. The smallest absolute Gasteiger partial charge is 0.487 e. The van der Waals surface area contributed by atoms with Crippen LogP contribution in [-0.2, 0) is 14.8 Å².